The van der Waals surface area contributed by atoms with Gasteiger partial charge in [-0.05, 0) is 34.9 Å². The van der Waals surface area contributed by atoms with E-state index in [0.29, 0.717) is 17.3 Å². The molecule has 3 aromatic rings. The number of nitriles is 1. The van der Waals surface area contributed by atoms with Crippen molar-refractivity contribution in [2.75, 3.05) is 6.54 Å². The maximum atomic E-state index is 11.0. The number of benzene rings is 2. The average molecular weight is 397 g/mol. The summed E-state index contributed by atoms with van der Waals surface area (Å²) in [5, 5.41) is 17.9. The van der Waals surface area contributed by atoms with Gasteiger partial charge in [0.1, 0.15) is 11.6 Å². The Kier molecular flexibility index (Phi) is 5.14. The van der Waals surface area contributed by atoms with Crippen molar-refractivity contribution in [1.29, 1.82) is 5.26 Å². The second kappa shape index (κ2) is 8.05. The van der Waals surface area contributed by atoms with Gasteiger partial charge in [-0.3, -0.25) is 4.99 Å². The van der Waals surface area contributed by atoms with Gasteiger partial charge in [-0.15, -0.1) is 11.3 Å². The van der Waals surface area contributed by atoms with Crippen LogP contribution in [-0.4, -0.2) is 29.2 Å². The summed E-state index contributed by atoms with van der Waals surface area (Å²) in [4.78, 5) is 21.7. The Bertz CT molecular complexity index is 1200. The van der Waals surface area contributed by atoms with E-state index in [-0.39, 0.29) is 5.57 Å². The van der Waals surface area contributed by atoms with Crippen LogP contribution in [0.2, 0.25) is 0 Å². The molecule has 0 atom stereocenters. The zero-order chi connectivity index (χ0) is 20.2. The minimum absolute atomic E-state index is 0.297. The van der Waals surface area contributed by atoms with Crippen LogP contribution < -0.4 is 0 Å². The van der Waals surface area contributed by atoms with Crippen molar-refractivity contribution >= 4 is 34.9 Å². The molecule has 140 valence electrons. The van der Waals surface area contributed by atoms with Crippen LogP contribution in [0.15, 0.2) is 82.3 Å². The topological polar surface area (TPSA) is 85.8 Å². The summed E-state index contributed by atoms with van der Waals surface area (Å²) in [6.45, 7) is 0.502. The van der Waals surface area contributed by atoms with Crippen molar-refractivity contribution in [3.05, 3.63) is 87.6 Å². The van der Waals surface area contributed by atoms with Crippen molar-refractivity contribution in [2.45, 2.75) is 0 Å². The lowest BCUT2D eigenvalue weighted by molar-refractivity contribution is -0.132. The van der Waals surface area contributed by atoms with Crippen LogP contribution in [-0.2, 0) is 4.79 Å². The Morgan fingerprint density at radius 2 is 1.69 bits per heavy atom. The minimum Gasteiger partial charge on any atom is -0.477 e. The first-order valence-electron chi connectivity index (χ1n) is 8.87. The van der Waals surface area contributed by atoms with Crippen molar-refractivity contribution in [3.63, 3.8) is 0 Å². The average Bonchev–Trinajstić information content (AvgIpc) is 3.42. The highest BCUT2D eigenvalue weighted by Crippen LogP contribution is 2.24. The van der Waals surface area contributed by atoms with Gasteiger partial charge in [-0.1, -0.05) is 54.6 Å². The standard InChI is InChI=1S/C23H15N3O2S/c24-13-18(23(27)28)12-19-10-11-21(29-19)22-25-14-20(26-22)17-8-6-16(7-9-17)15-4-2-1-3-5-15/h1-12H,14H2,(H,27,28)/b18-12-. The summed E-state index contributed by atoms with van der Waals surface area (Å²) in [7, 11) is 0. The number of nitrogens with zero attached hydrogens (tertiary/aromatic N) is 3. The van der Waals surface area contributed by atoms with Crippen LogP contribution in [0.4, 0.5) is 0 Å². The third kappa shape index (κ3) is 4.05. The molecule has 0 amide bonds. The van der Waals surface area contributed by atoms with Gasteiger partial charge in [0.25, 0.3) is 0 Å². The molecule has 1 aromatic heterocycles. The molecule has 0 aliphatic carbocycles. The van der Waals surface area contributed by atoms with Crippen LogP contribution >= 0.6 is 11.3 Å². The number of aliphatic carboxylic acids is 1. The van der Waals surface area contributed by atoms with Crippen molar-refractivity contribution in [2.24, 2.45) is 9.98 Å². The van der Waals surface area contributed by atoms with E-state index in [1.165, 1.54) is 23.0 Å². The van der Waals surface area contributed by atoms with Gasteiger partial charge in [-0.2, -0.15) is 5.26 Å². The van der Waals surface area contributed by atoms with Crippen molar-refractivity contribution in [1.82, 2.24) is 0 Å². The quantitative estimate of drug-likeness (QED) is 0.502. The Labute approximate surface area is 171 Å². The number of hydrogen-bond donors (Lipinski definition) is 1. The maximum absolute atomic E-state index is 11.0. The van der Waals surface area contributed by atoms with Crippen LogP contribution in [0.5, 0.6) is 0 Å². The number of carboxylic acid groups (broad SMARTS) is 1. The van der Waals surface area contributed by atoms with E-state index in [4.69, 9.17) is 10.4 Å². The summed E-state index contributed by atoms with van der Waals surface area (Å²) in [5.41, 5.74) is 3.94. The van der Waals surface area contributed by atoms with Gasteiger partial charge in [0, 0.05) is 4.88 Å². The van der Waals surface area contributed by atoms with E-state index in [1.54, 1.807) is 12.1 Å². The second-order valence-electron chi connectivity index (χ2n) is 6.32. The molecular formula is C23H15N3O2S. The summed E-state index contributed by atoms with van der Waals surface area (Å²) < 4.78 is 0. The Balaban J connectivity index is 1.53. The number of hydrogen-bond acceptors (Lipinski definition) is 5. The van der Waals surface area contributed by atoms with Crippen LogP contribution in [0.25, 0.3) is 17.2 Å². The first-order valence-corrected chi connectivity index (χ1v) is 9.69. The fraction of sp³-hybridized carbons (Fsp3) is 0.0435. The summed E-state index contributed by atoms with van der Waals surface area (Å²) in [5.74, 6) is -0.606. The monoisotopic (exact) mass is 397 g/mol. The molecule has 0 spiro atoms. The molecule has 6 heteroatoms. The third-order valence-electron chi connectivity index (χ3n) is 4.43. The molecule has 1 aliphatic heterocycles. The fourth-order valence-electron chi connectivity index (χ4n) is 2.96. The predicted octanol–water partition coefficient (Wildman–Crippen LogP) is 4.66. The van der Waals surface area contributed by atoms with Gasteiger partial charge < -0.3 is 5.11 Å². The molecule has 0 unspecified atom stereocenters. The molecule has 5 nitrogen and oxygen atoms in total. The van der Waals surface area contributed by atoms with Crippen molar-refractivity contribution in [3.8, 4) is 17.2 Å². The number of aliphatic imine (C=N–C) groups is 2. The fourth-order valence-corrected chi connectivity index (χ4v) is 3.86. The highest BCUT2D eigenvalue weighted by Gasteiger charge is 2.16. The maximum Gasteiger partial charge on any atom is 0.346 e. The zero-order valence-corrected chi connectivity index (χ0v) is 16.1. The number of thiophene rings is 1. The van der Waals surface area contributed by atoms with E-state index in [2.05, 4.69) is 34.3 Å². The number of carboxylic acids is 1. The molecule has 2 heterocycles. The lowest BCUT2D eigenvalue weighted by Crippen LogP contribution is -2.01. The molecular weight excluding hydrogens is 382 g/mol. The van der Waals surface area contributed by atoms with Gasteiger partial charge in [0.05, 0.1) is 17.1 Å². The molecule has 0 radical (unpaired) electrons. The molecule has 29 heavy (non-hydrogen) atoms. The van der Waals surface area contributed by atoms with E-state index < -0.39 is 5.97 Å². The van der Waals surface area contributed by atoms with E-state index in [9.17, 15) is 4.79 Å². The summed E-state index contributed by atoms with van der Waals surface area (Å²) >= 11 is 1.36. The number of carbonyl (C=O) groups is 1. The Morgan fingerprint density at radius 1 is 1.00 bits per heavy atom. The summed E-state index contributed by atoms with van der Waals surface area (Å²) in [6.07, 6.45) is 1.36. The lowest BCUT2D eigenvalue weighted by atomic mass is 10.0. The lowest BCUT2D eigenvalue weighted by Gasteiger charge is -2.04. The Morgan fingerprint density at radius 3 is 2.38 bits per heavy atom. The molecule has 1 aliphatic rings. The SMILES string of the molecule is N#C/C(=C/c1ccc(C2=NCC(c3ccc(-c4ccccc4)cc3)=N2)s1)C(=O)O. The molecule has 4 rings (SSSR count). The van der Waals surface area contributed by atoms with Crippen LogP contribution in [0, 0.1) is 11.3 Å². The van der Waals surface area contributed by atoms with E-state index >= 15 is 0 Å². The van der Waals surface area contributed by atoms with Crippen molar-refractivity contribution < 1.29 is 9.90 Å². The van der Waals surface area contributed by atoms with E-state index in [1.807, 2.05) is 36.4 Å². The van der Waals surface area contributed by atoms with Crippen LogP contribution in [0.3, 0.4) is 0 Å². The smallest absolute Gasteiger partial charge is 0.346 e. The van der Waals surface area contributed by atoms with Gasteiger partial charge in [0.15, 0.2) is 5.84 Å². The molecule has 0 fully saturated rings. The molecule has 0 bridgehead atoms. The molecule has 2 aromatic carbocycles. The number of amidine groups is 1. The normalized spacial score (nSPS) is 13.6. The minimum atomic E-state index is -1.24. The van der Waals surface area contributed by atoms with Gasteiger partial charge in [0.2, 0.25) is 0 Å². The highest BCUT2D eigenvalue weighted by atomic mass is 32.1. The summed E-state index contributed by atoms with van der Waals surface area (Å²) in [6, 6.07) is 23.7. The highest BCUT2D eigenvalue weighted by molar-refractivity contribution is 7.15. The zero-order valence-electron chi connectivity index (χ0n) is 15.2. The van der Waals surface area contributed by atoms with Gasteiger partial charge in [-0.25, -0.2) is 9.79 Å². The molecule has 0 saturated carbocycles. The Hall–Kier alpha value is -3.82. The number of rotatable bonds is 5. The van der Waals surface area contributed by atoms with Gasteiger partial charge >= 0.3 is 5.97 Å². The molecule has 0 saturated heterocycles. The third-order valence-corrected chi connectivity index (χ3v) is 5.46. The first-order chi connectivity index (χ1) is 14.1. The van der Waals surface area contributed by atoms with Crippen LogP contribution in [0.1, 0.15) is 15.3 Å². The second-order valence-corrected chi connectivity index (χ2v) is 7.43. The largest absolute Gasteiger partial charge is 0.477 e. The molecule has 1 N–H and O–H groups in total. The van der Waals surface area contributed by atoms with E-state index in [0.717, 1.165) is 21.7 Å². The first kappa shape index (κ1) is 18.5. The predicted molar refractivity (Wildman–Crippen MR) is 115 cm³/mol.